The lowest BCUT2D eigenvalue weighted by Crippen LogP contribution is -2.25. The number of nitro groups is 1. The zero-order valence-corrected chi connectivity index (χ0v) is 13.5. The maximum absolute atomic E-state index is 11.0. The van der Waals surface area contributed by atoms with Gasteiger partial charge >= 0.3 is 0 Å². The molecule has 2 aromatic carbocycles. The van der Waals surface area contributed by atoms with Crippen molar-refractivity contribution in [2.24, 2.45) is 0 Å². The van der Waals surface area contributed by atoms with E-state index in [9.17, 15) is 15.2 Å². The van der Waals surface area contributed by atoms with Gasteiger partial charge in [-0.2, -0.15) is 0 Å². The Balaban J connectivity index is 1.76. The summed E-state index contributed by atoms with van der Waals surface area (Å²) < 4.78 is 5.04. The molecule has 0 radical (unpaired) electrons. The molecule has 3 rings (SSSR count). The van der Waals surface area contributed by atoms with Crippen molar-refractivity contribution in [3.05, 3.63) is 63.2 Å². The molecule has 2 aromatic rings. The van der Waals surface area contributed by atoms with Gasteiger partial charge in [0.2, 0.25) is 0 Å². The van der Waals surface area contributed by atoms with E-state index in [0.717, 1.165) is 30.4 Å². The average molecular weight is 328 g/mol. The first-order valence-corrected chi connectivity index (χ1v) is 7.95. The van der Waals surface area contributed by atoms with Crippen molar-refractivity contribution in [3.63, 3.8) is 0 Å². The van der Waals surface area contributed by atoms with Gasteiger partial charge in [0.05, 0.1) is 12.0 Å². The topological polar surface area (TPSA) is 84.6 Å². The van der Waals surface area contributed by atoms with Gasteiger partial charge in [0.25, 0.3) is 5.69 Å². The van der Waals surface area contributed by atoms with E-state index in [1.165, 1.54) is 12.7 Å². The Morgan fingerprint density at radius 2 is 2.17 bits per heavy atom. The fraction of sp³-hybridized carbons (Fsp3) is 0.333. The van der Waals surface area contributed by atoms with E-state index in [-0.39, 0.29) is 22.4 Å². The summed E-state index contributed by atoms with van der Waals surface area (Å²) in [5, 5.41) is 24.3. The van der Waals surface area contributed by atoms with E-state index in [4.69, 9.17) is 4.74 Å². The number of phenols is 1. The predicted molar refractivity (Wildman–Crippen MR) is 90.3 cm³/mol. The summed E-state index contributed by atoms with van der Waals surface area (Å²) in [7, 11) is 1.51. The largest absolute Gasteiger partial charge is 0.504 e. The number of ether oxygens (including phenoxy) is 1. The van der Waals surface area contributed by atoms with Gasteiger partial charge in [-0.05, 0) is 48.1 Å². The molecule has 0 heterocycles. The minimum Gasteiger partial charge on any atom is -0.504 e. The quantitative estimate of drug-likeness (QED) is 0.648. The molecule has 2 N–H and O–H groups in total. The Hall–Kier alpha value is -2.60. The van der Waals surface area contributed by atoms with E-state index >= 15 is 0 Å². The smallest absolute Gasteiger partial charge is 0.269 e. The molecular weight excluding hydrogens is 308 g/mol. The van der Waals surface area contributed by atoms with Crippen LogP contribution in [-0.4, -0.2) is 17.1 Å². The number of hydrogen-bond acceptors (Lipinski definition) is 5. The molecule has 0 amide bonds. The molecule has 0 saturated carbocycles. The lowest BCUT2D eigenvalue weighted by molar-refractivity contribution is -0.385. The third kappa shape index (κ3) is 3.33. The van der Waals surface area contributed by atoms with Crippen LogP contribution in [0.2, 0.25) is 0 Å². The normalized spacial score (nSPS) is 16.5. The Morgan fingerprint density at radius 3 is 2.88 bits per heavy atom. The zero-order chi connectivity index (χ0) is 17.1. The van der Waals surface area contributed by atoms with Crippen molar-refractivity contribution < 1.29 is 14.8 Å². The first-order chi connectivity index (χ1) is 11.6. The summed E-state index contributed by atoms with van der Waals surface area (Å²) in [6.07, 6.45) is 2.95. The summed E-state index contributed by atoms with van der Waals surface area (Å²) in [5.74, 6) is 0.550. The number of phenolic OH excluding ortho intramolecular Hbond substituents is 1. The van der Waals surface area contributed by atoms with Crippen molar-refractivity contribution in [1.82, 2.24) is 5.32 Å². The van der Waals surface area contributed by atoms with Crippen molar-refractivity contribution in [2.75, 3.05) is 7.11 Å². The van der Waals surface area contributed by atoms with E-state index in [1.807, 2.05) is 12.1 Å². The maximum Gasteiger partial charge on any atom is 0.269 e. The Kier molecular flexibility index (Phi) is 4.66. The number of benzene rings is 2. The van der Waals surface area contributed by atoms with Crippen LogP contribution in [0.3, 0.4) is 0 Å². The van der Waals surface area contributed by atoms with Gasteiger partial charge in [0.15, 0.2) is 11.5 Å². The van der Waals surface area contributed by atoms with Crippen LogP contribution in [0.15, 0.2) is 36.4 Å². The van der Waals surface area contributed by atoms with Gasteiger partial charge in [-0.3, -0.25) is 10.1 Å². The van der Waals surface area contributed by atoms with Crippen LogP contribution in [-0.2, 0) is 13.0 Å². The van der Waals surface area contributed by atoms with Gasteiger partial charge in [-0.25, -0.2) is 0 Å². The summed E-state index contributed by atoms with van der Waals surface area (Å²) in [5.41, 5.74) is 3.24. The van der Waals surface area contributed by atoms with Crippen LogP contribution in [0.25, 0.3) is 0 Å². The third-order valence-electron chi connectivity index (χ3n) is 4.45. The van der Waals surface area contributed by atoms with E-state index < -0.39 is 0 Å². The zero-order valence-electron chi connectivity index (χ0n) is 13.5. The molecule has 6 heteroatoms. The predicted octanol–water partition coefficient (Wildman–Crippen LogP) is 3.48. The molecule has 0 unspecified atom stereocenters. The fourth-order valence-corrected chi connectivity index (χ4v) is 3.20. The Morgan fingerprint density at radius 1 is 1.33 bits per heavy atom. The molecule has 0 aromatic heterocycles. The van der Waals surface area contributed by atoms with E-state index in [0.29, 0.717) is 12.3 Å². The minimum atomic E-state index is -0.354. The average Bonchev–Trinajstić information content (AvgIpc) is 2.59. The van der Waals surface area contributed by atoms with Gasteiger partial charge in [-0.15, -0.1) is 0 Å². The maximum atomic E-state index is 11.0. The van der Waals surface area contributed by atoms with Crippen molar-refractivity contribution in [1.29, 1.82) is 0 Å². The molecule has 24 heavy (non-hydrogen) atoms. The molecule has 6 nitrogen and oxygen atoms in total. The standard InChI is InChI=1S/C18H20N2O4/c1-24-18-8-5-12(9-17(18)21)11-19-16-4-2-3-13-6-7-14(20(22)23)10-15(13)16/h5-10,16,19,21H,2-4,11H2,1H3/t16-/m0/s1. The number of rotatable bonds is 5. The van der Waals surface area contributed by atoms with Crippen molar-refractivity contribution in [3.8, 4) is 11.5 Å². The van der Waals surface area contributed by atoms with Gasteiger partial charge in [0.1, 0.15) is 0 Å². The number of non-ortho nitro benzene ring substituents is 1. The number of nitrogens with zero attached hydrogens (tertiary/aromatic N) is 1. The summed E-state index contributed by atoms with van der Waals surface area (Å²) in [6.45, 7) is 0.574. The third-order valence-corrected chi connectivity index (χ3v) is 4.45. The summed E-state index contributed by atoms with van der Waals surface area (Å²) in [6, 6.07) is 10.5. The number of nitro benzene ring substituents is 1. The monoisotopic (exact) mass is 328 g/mol. The van der Waals surface area contributed by atoms with Crippen molar-refractivity contribution >= 4 is 5.69 Å². The van der Waals surface area contributed by atoms with E-state index in [1.54, 1.807) is 24.3 Å². The first-order valence-electron chi connectivity index (χ1n) is 7.95. The van der Waals surface area contributed by atoms with Gasteiger partial charge in [0, 0.05) is 24.7 Å². The van der Waals surface area contributed by atoms with Gasteiger partial charge in [-0.1, -0.05) is 12.1 Å². The molecule has 0 fully saturated rings. The molecular formula is C18H20N2O4. The molecule has 126 valence electrons. The van der Waals surface area contributed by atoms with Crippen molar-refractivity contribution in [2.45, 2.75) is 31.8 Å². The number of hydrogen-bond donors (Lipinski definition) is 2. The summed E-state index contributed by atoms with van der Waals surface area (Å²) in [4.78, 5) is 10.7. The molecule has 1 aliphatic rings. The number of methoxy groups -OCH3 is 1. The Bertz CT molecular complexity index is 761. The molecule has 1 aliphatic carbocycles. The molecule has 1 atom stereocenters. The molecule has 0 saturated heterocycles. The van der Waals surface area contributed by atoms with Crippen LogP contribution in [0.1, 0.15) is 35.6 Å². The number of nitrogens with one attached hydrogen (secondary N) is 1. The number of aryl methyl sites for hydroxylation is 1. The van der Waals surface area contributed by atoms with Crippen LogP contribution >= 0.6 is 0 Å². The highest BCUT2D eigenvalue weighted by Crippen LogP contribution is 2.33. The highest BCUT2D eigenvalue weighted by molar-refractivity contribution is 5.43. The van der Waals surface area contributed by atoms with Crippen LogP contribution in [0.4, 0.5) is 5.69 Å². The second-order valence-electron chi connectivity index (χ2n) is 5.97. The SMILES string of the molecule is COc1ccc(CN[C@H]2CCCc3ccc([N+](=O)[O-])cc32)cc1O. The molecule has 0 spiro atoms. The minimum absolute atomic E-state index is 0.0814. The highest BCUT2D eigenvalue weighted by Gasteiger charge is 2.22. The first kappa shape index (κ1) is 16.3. The fourth-order valence-electron chi connectivity index (χ4n) is 3.20. The molecule has 0 bridgehead atoms. The highest BCUT2D eigenvalue weighted by atomic mass is 16.6. The van der Waals surface area contributed by atoms with Crippen LogP contribution in [0, 0.1) is 10.1 Å². The summed E-state index contributed by atoms with van der Waals surface area (Å²) >= 11 is 0. The Labute approximate surface area is 140 Å². The molecule has 0 aliphatic heterocycles. The number of aromatic hydroxyl groups is 1. The lowest BCUT2D eigenvalue weighted by atomic mass is 9.87. The lowest BCUT2D eigenvalue weighted by Gasteiger charge is -2.26. The second kappa shape index (κ2) is 6.88. The van der Waals surface area contributed by atoms with E-state index in [2.05, 4.69) is 5.32 Å². The van der Waals surface area contributed by atoms with Crippen LogP contribution < -0.4 is 10.1 Å². The van der Waals surface area contributed by atoms with Crippen LogP contribution in [0.5, 0.6) is 11.5 Å². The number of fused-ring (bicyclic) bond motifs is 1. The second-order valence-corrected chi connectivity index (χ2v) is 5.97. The van der Waals surface area contributed by atoms with Gasteiger partial charge < -0.3 is 15.2 Å².